The van der Waals surface area contributed by atoms with Crippen LogP contribution in [-0.2, 0) is 0 Å². The van der Waals surface area contributed by atoms with Crippen molar-refractivity contribution < 1.29 is 4.79 Å². The lowest BCUT2D eigenvalue weighted by Gasteiger charge is -2.05. The third kappa shape index (κ3) is 2.15. The summed E-state index contributed by atoms with van der Waals surface area (Å²) in [6.45, 7) is 0. The second kappa shape index (κ2) is 4.85. The van der Waals surface area contributed by atoms with Gasteiger partial charge in [0.15, 0.2) is 5.78 Å². The summed E-state index contributed by atoms with van der Waals surface area (Å²) in [5.74, 6) is 0.844. The molecule has 3 aromatic carbocycles. The molecule has 0 radical (unpaired) electrons. The van der Waals surface area contributed by atoms with Crippen molar-refractivity contribution in [3.63, 3.8) is 0 Å². The highest BCUT2D eigenvalue weighted by Crippen LogP contribution is 2.49. The highest BCUT2D eigenvalue weighted by atomic mass is 16.1. The number of carbonyl (C=O) groups excluding carboxylic acids is 1. The minimum atomic E-state index is 0.151. The largest absolute Gasteiger partial charge is 0.294 e. The smallest absolute Gasteiger partial charge is 0.167 e. The fourth-order valence-electron chi connectivity index (χ4n) is 3.19. The van der Waals surface area contributed by atoms with Gasteiger partial charge in [0.25, 0.3) is 0 Å². The van der Waals surface area contributed by atoms with Crippen LogP contribution in [0.15, 0.2) is 72.8 Å². The number of ketones is 1. The first kappa shape index (κ1) is 12.3. The average molecular weight is 272 g/mol. The number of hydrogen-bond donors (Lipinski definition) is 0. The van der Waals surface area contributed by atoms with Crippen LogP contribution in [0.5, 0.6) is 0 Å². The summed E-state index contributed by atoms with van der Waals surface area (Å²) in [6.07, 6.45) is 0.978. The van der Waals surface area contributed by atoms with E-state index in [1.807, 2.05) is 48.5 Å². The van der Waals surface area contributed by atoms with E-state index < -0.39 is 0 Å². The van der Waals surface area contributed by atoms with Crippen molar-refractivity contribution >= 4 is 16.6 Å². The maximum atomic E-state index is 12.8. The van der Waals surface area contributed by atoms with Crippen LogP contribution >= 0.6 is 0 Å². The number of fused-ring (bicyclic) bond motifs is 1. The Kier molecular flexibility index (Phi) is 2.85. The molecular formula is C20H16O. The van der Waals surface area contributed by atoms with Gasteiger partial charge in [-0.05, 0) is 28.7 Å². The minimum Gasteiger partial charge on any atom is -0.294 e. The van der Waals surface area contributed by atoms with Crippen molar-refractivity contribution in [2.75, 3.05) is 0 Å². The SMILES string of the molecule is O=C(c1cccc2ccccc12)C1CC1c1ccccc1. The first-order chi connectivity index (χ1) is 10.3. The van der Waals surface area contributed by atoms with Gasteiger partial charge in [0, 0.05) is 11.5 Å². The van der Waals surface area contributed by atoms with Crippen molar-refractivity contribution in [3.8, 4) is 0 Å². The van der Waals surface area contributed by atoms with Crippen molar-refractivity contribution in [1.82, 2.24) is 0 Å². The topological polar surface area (TPSA) is 17.1 Å². The zero-order valence-corrected chi connectivity index (χ0v) is 11.7. The summed E-state index contributed by atoms with van der Waals surface area (Å²) in [7, 11) is 0. The molecule has 2 unspecified atom stereocenters. The Bertz CT molecular complexity index is 799. The molecule has 0 N–H and O–H groups in total. The molecule has 0 amide bonds. The van der Waals surface area contributed by atoms with Gasteiger partial charge in [0.05, 0.1) is 0 Å². The summed E-state index contributed by atoms with van der Waals surface area (Å²) >= 11 is 0. The Morgan fingerprint density at radius 2 is 1.52 bits per heavy atom. The van der Waals surface area contributed by atoms with E-state index in [1.165, 1.54) is 5.56 Å². The van der Waals surface area contributed by atoms with Gasteiger partial charge >= 0.3 is 0 Å². The number of Topliss-reactive ketones (excluding diaryl/α,β-unsaturated/α-hetero) is 1. The second-order valence-corrected chi connectivity index (χ2v) is 5.75. The van der Waals surface area contributed by atoms with E-state index in [-0.39, 0.29) is 5.92 Å². The normalized spacial score (nSPS) is 20.4. The predicted octanol–water partition coefficient (Wildman–Crippen LogP) is 4.83. The Morgan fingerprint density at radius 3 is 2.38 bits per heavy atom. The highest BCUT2D eigenvalue weighted by Gasteiger charge is 2.44. The zero-order valence-electron chi connectivity index (χ0n) is 11.7. The summed E-state index contributed by atoms with van der Waals surface area (Å²) in [6, 6.07) is 24.5. The number of carbonyl (C=O) groups is 1. The molecule has 0 aliphatic heterocycles. The Morgan fingerprint density at radius 1 is 0.810 bits per heavy atom. The molecule has 4 rings (SSSR count). The van der Waals surface area contributed by atoms with Gasteiger partial charge < -0.3 is 0 Å². The Hall–Kier alpha value is -2.41. The molecule has 0 spiro atoms. The van der Waals surface area contributed by atoms with Gasteiger partial charge in [-0.25, -0.2) is 0 Å². The molecule has 0 saturated heterocycles. The molecule has 3 aromatic rings. The van der Waals surface area contributed by atoms with Gasteiger partial charge in [0.2, 0.25) is 0 Å². The zero-order chi connectivity index (χ0) is 14.2. The van der Waals surface area contributed by atoms with Gasteiger partial charge in [-0.1, -0.05) is 72.8 Å². The summed E-state index contributed by atoms with van der Waals surface area (Å²) in [4.78, 5) is 12.8. The maximum absolute atomic E-state index is 12.8. The molecule has 0 heterocycles. The first-order valence-electron chi connectivity index (χ1n) is 7.41. The highest BCUT2D eigenvalue weighted by molar-refractivity contribution is 6.10. The molecule has 21 heavy (non-hydrogen) atoms. The number of hydrogen-bond acceptors (Lipinski definition) is 1. The van der Waals surface area contributed by atoms with Gasteiger partial charge in [-0.2, -0.15) is 0 Å². The van der Waals surface area contributed by atoms with Crippen LogP contribution in [0, 0.1) is 5.92 Å². The second-order valence-electron chi connectivity index (χ2n) is 5.75. The van der Waals surface area contributed by atoms with Crippen molar-refractivity contribution in [1.29, 1.82) is 0 Å². The van der Waals surface area contributed by atoms with E-state index in [2.05, 4.69) is 24.3 Å². The van der Waals surface area contributed by atoms with E-state index in [0.717, 1.165) is 22.8 Å². The quantitative estimate of drug-likeness (QED) is 0.624. The van der Waals surface area contributed by atoms with E-state index >= 15 is 0 Å². The van der Waals surface area contributed by atoms with Gasteiger partial charge in [-0.15, -0.1) is 0 Å². The molecule has 1 aliphatic rings. The molecule has 1 saturated carbocycles. The van der Waals surface area contributed by atoms with E-state index in [4.69, 9.17) is 0 Å². The van der Waals surface area contributed by atoms with Crippen LogP contribution in [0.4, 0.5) is 0 Å². The van der Waals surface area contributed by atoms with Crippen LogP contribution in [0.25, 0.3) is 10.8 Å². The summed E-state index contributed by atoms with van der Waals surface area (Å²) < 4.78 is 0. The first-order valence-corrected chi connectivity index (χ1v) is 7.41. The molecule has 1 nitrogen and oxygen atoms in total. The minimum absolute atomic E-state index is 0.151. The lowest BCUT2D eigenvalue weighted by Crippen LogP contribution is -2.04. The molecule has 102 valence electrons. The van der Waals surface area contributed by atoms with Crippen LogP contribution in [0.1, 0.15) is 28.3 Å². The molecule has 0 aromatic heterocycles. The van der Waals surface area contributed by atoms with E-state index in [1.54, 1.807) is 0 Å². The fourth-order valence-corrected chi connectivity index (χ4v) is 3.19. The molecule has 1 aliphatic carbocycles. The molecule has 1 fully saturated rings. The molecule has 0 bridgehead atoms. The summed E-state index contributed by atoms with van der Waals surface area (Å²) in [5, 5.41) is 2.21. The number of benzene rings is 3. The Labute approximate surface area is 124 Å². The molecule has 1 heteroatoms. The van der Waals surface area contributed by atoms with Crippen molar-refractivity contribution in [2.45, 2.75) is 12.3 Å². The van der Waals surface area contributed by atoms with Crippen molar-refractivity contribution in [3.05, 3.63) is 83.9 Å². The van der Waals surface area contributed by atoms with Crippen molar-refractivity contribution in [2.24, 2.45) is 5.92 Å². The van der Waals surface area contributed by atoms with Crippen LogP contribution < -0.4 is 0 Å². The monoisotopic (exact) mass is 272 g/mol. The lowest BCUT2D eigenvalue weighted by atomic mass is 9.97. The lowest BCUT2D eigenvalue weighted by molar-refractivity contribution is 0.0967. The summed E-state index contributed by atoms with van der Waals surface area (Å²) in [5.41, 5.74) is 2.16. The third-order valence-electron chi connectivity index (χ3n) is 4.41. The Balaban J connectivity index is 1.67. The van der Waals surface area contributed by atoms with Gasteiger partial charge in [0.1, 0.15) is 0 Å². The predicted molar refractivity (Wildman–Crippen MR) is 85.6 cm³/mol. The van der Waals surface area contributed by atoms with Crippen LogP contribution in [0.3, 0.4) is 0 Å². The van der Waals surface area contributed by atoms with E-state index in [9.17, 15) is 4.79 Å². The third-order valence-corrected chi connectivity index (χ3v) is 4.41. The number of rotatable bonds is 3. The maximum Gasteiger partial charge on any atom is 0.167 e. The van der Waals surface area contributed by atoms with E-state index in [0.29, 0.717) is 11.7 Å². The fraction of sp³-hybridized carbons (Fsp3) is 0.150. The average Bonchev–Trinajstić information content (AvgIpc) is 3.35. The molecule has 2 atom stereocenters. The van der Waals surface area contributed by atoms with Crippen LogP contribution in [0.2, 0.25) is 0 Å². The standard InChI is InChI=1S/C20H16O/c21-20(19-13-18(19)15-7-2-1-3-8-15)17-12-6-10-14-9-4-5-11-16(14)17/h1-12,18-19H,13H2. The van der Waals surface area contributed by atoms with Crippen LogP contribution in [-0.4, -0.2) is 5.78 Å². The molecular weight excluding hydrogens is 256 g/mol. The van der Waals surface area contributed by atoms with Gasteiger partial charge in [-0.3, -0.25) is 4.79 Å².